The fourth-order valence-electron chi connectivity index (χ4n) is 3.58. The van der Waals surface area contributed by atoms with E-state index in [4.69, 9.17) is 0 Å². The molecule has 0 heterocycles. The monoisotopic (exact) mass is 308 g/mol. The first-order valence-corrected chi connectivity index (χ1v) is 9.47. The molecule has 0 aliphatic heterocycles. The van der Waals surface area contributed by atoms with Gasteiger partial charge in [0.15, 0.2) is 0 Å². The van der Waals surface area contributed by atoms with Gasteiger partial charge in [0.1, 0.15) is 0 Å². The standard InChI is InChI=1S/C16H24N2O2S/c19-21(20,18-15-9-2-3-10-15)17-12-14-8-5-7-13-6-1-4-11-16(13)14/h1,4,6,11,14-15,17-18H,2-3,5,7-10,12H2/t14-/m0/s1. The second-order valence-corrected chi connectivity index (χ2v) is 7.77. The van der Waals surface area contributed by atoms with Gasteiger partial charge in [-0.25, -0.2) is 4.72 Å². The molecule has 3 rings (SSSR count). The van der Waals surface area contributed by atoms with Crippen LogP contribution in [-0.4, -0.2) is 21.0 Å². The Morgan fingerprint density at radius 3 is 2.62 bits per heavy atom. The van der Waals surface area contributed by atoms with Crippen molar-refractivity contribution in [1.29, 1.82) is 0 Å². The first-order chi connectivity index (χ1) is 10.1. The molecule has 0 saturated heterocycles. The van der Waals surface area contributed by atoms with Gasteiger partial charge < -0.3 is 0 Å². The number of rotatable bonds is 5. The molecule has 1 aromatic carbocycles. The lowest BCUT2D eigenvalue weighted by atomic mass is 9.83. The van der Waals surface area contributed by atoms with Crippen LogP contribution in [0.5, 0.6) is 0 Å². The Hall–Kier alpha value is -0.910. The minimum absolute atomic E-state index is 0.126. The molecular weight excluding hydrogens is 284 g/mol. The summed E-state index contributed by atoms with van der Waals surface area (Å²) >= 11 is 0. The highest BCUT2D eigenvalue weighted by Crippen LogP contribution is 2.30. The van der Waals surface area contributed by atoms with E-state index in [2.05, 4.69) is 27.6 Å². The average Bonchev–Trinajstić information content (AvgIpc) is 2.97. The first-order valence-electron chi connectivity index (χ1n) is 7.99. The van der Waals surface area contributed by atoms with Crippen LogP contribution in [0, 0.1) is 0 Å². The van der Waals surface area contributed by atoms with Crippen molar-refractivity contribution in [3.8, 4) is 0 Å². The quantitative estimate of drug-likeness (QED) is 0.878. The Kier molecular flexibility index (Phi) is 4.62. The third-order valence-electron chi connectivity index (χ3n) is 4.69. The summed E-state index contributed by atoms with van der Waals surface area (Å²) in [4.78, 5) is 0. The van der Waals surface area contributed by atoms with E-state index in [0.717, 1.165) is 44.9 Å². The molecule has 1 saturated carbocycles. The van der Waals surface area contributed by atoms with Gasteiger partial charge in [-0.1, -0.05) is 37.1 Å². The van der Waals surface area contributed by atoms with E-state index in [-0.39, 0.29) is 6.04 Å². The number of benzene rings is 1. The van der Waals surface area contributed by atoms with Crippen LogP contribution >= 0.6 is 0 Å². The number of fused-ring (bicyclic) bond motifs is 1. The highest BCUT2D eigenvalue weighted by atomic mass is 32.2. The maximum atomic E-state index is 12.1. The van der Waals surface area contributed by atoms with Crippen LogP contribution in [0.2, 0.25) is 0 Å². The molecule has 5 heteroatoms. The van der Waals surface area contributed by atoms with Crippen molar-refractivity contribution >= 4 is 10.2 Å². The molecule has 0 radical (unpaired) electrons. The predicted molar refractivity (Wildman–Crippen MR) is 84.4 cm³/mol. The summed E-state index contributed by atoms with van der Waals surface area (Å²) in [6, 6.07) is 8.53. The van der Waals surface area contributed by atoms with E-state index in [1.54, 1.807) is 0 Å². The van der Waals surface area contributed by atoms with Crippen LogP contribution < -0.4 is 9.44 Å². The van der Waals surface area contributed by atoms with Gasteiger partial charge in [-0.2, -0.15) is 13.1 Å². The second kappa shape index (κ2) is 6.46. The molecule has 0 spiro atoms. The van der Waals surface area contributed by atoms with Crippen molar-refractivity contribution in [2.45, 2.75) is 56.9 Å². The van der Waals surface area contributed by atoms with E-state index in [0.29, 0.717) is 12.5 Å². The van der Waals surface area contributed by atoms with E-state index in [1.165, 1.54) is 11.1 Å². The summed E-state index contributed by atoms with van der Waals surface area (Å²) in [5.41, 5.74) is 2.68. The smallest absolute Gasteiger partial charge is 0.202 e. The van der Waals surface area contributed by atoms with Crippen molar-refractivity contribution in [3.05, 3.63) is 35.4 Å². The minimum atomic E-state index is -3.37. The van der Waals surface area contributed by atoms with E-state index < -0.39 is 10.2 Å². The molecule has 0 unspecified atom stereocenters. The van der Waals surface area contributed by atoms with Gasteiger partial charge >= 0.3 is 0 Å². The molecular formula is C16H24N2O2S. The largest absolute Gasteiger partial charge is 0.277 e. The van der Waals surface area contributed by atoms with Crippen molar-refractivity contribution in [2.75, 3.05) is 6.54 Å². The molecule has 1 aromatic rings. The SMILES string of the molecule is O=S(=O)(NC[C@@H]1CCCc2ccccc21)NC1CCCC1. The molecule has 21 heavy (non-hydrogen) atoms. The summed E-state index contributed by atoms with van der Waals surface area (Å²) in [5, 5.41) is 0. The topological polar surface area (TPSA) is 58.2 Å². The number of hydrogen-bond donors (Lipinski definition) is 2. The Morgan fingerprint density at radius 2 is 1.81 bits per heavy atom. The van der Waals surface area contributed by atoms with Gasteiger partial charge in [-0.3, -0.25) is 0 Å². The van der Waals surface area contributed by atoms with E-state index in [1.807, 2.05) is 6.07 Å². The third-order valence-corrected chi connectivity index (χ3v) is 5.88. The fourth-order valence-corrected chi connectivity index (χ4v) is 4.76. The maximum absolute atomic E-state index is 12.1. The lowest BCUT2D eigenvalue weighted by Crippen LogP contribution is -2.43. The summed E-state index contributed by atoms with van der Waals surface area (Å²) in [6.07, 6.45) is 7.49. The number of nitrogens with one attached hydrogen (secondary N) is 2. The van der Waals surface area contributed by atoms with E-state index >= 15 is 0 Å². The van der Waals surface area contributed by atoms with Gasteiger partial charge in [-0.05, 0) is 49.1 Å². The Labute approximate surface area is 127 Å². The summed E-state index contributed by atoms with van der Waals surface area (Å²) in [6.45, 7) is 0.499. The van der Waals surface area contributed by atoms with Crippen molar-refractivity contribution in [2.24, 2.45) is 0 Å². The molecule has 1 fully saturated rings. The van der Waals surface area contributed by atoms with Crippen LogP contribution in [0.15, 0.2) is 24.3 Å². The van der Waals surface area contributed by atoms with Gasteiger partial charge in [0, 0.05) is 12.6 Å². The molecule has 2 aliphatic carbocycles. The van der Waals surface area contributed by atoms with Gasteiger partial charge in [-0.15, -0.1) is 0 Å². The van der Waals surface area contributed by atoms with Gasteiger partial charge in [0.2, 0.25) is 0 Å². The maximum Gasteiger partial charge on any atom is 0.277 e. The normalized spacial score (nSPS) is 23.1. The lowest BCUT2D eigenvalue weighted by Gasteiger charge is -2.26. The molecule has 4 nitrogen and oxygen atoms in total. The molecule has 2 N–H and O–H groups in total. The molecule has 116 valence electrons. The zero-order chi connectivity index (χ0) is 14.7. The van der Waals surface area contributed by atoms with Gasteiger partial charge in [0.25, 0.3) is 10.2 Å². The van der Waals surface area contributed by atoms with Crippen LogP contribution in [0.1, 0.15) is 55.6 Å². The number of hydrogen-bond acceptors (Lipinski definition) is 2. The fraction of sp³-hybridized carbons (Fsp3) is 0.625. The minimum Gasteiger partial charge on any atom is -0.202 e. The van der Waals surface area contributed by atoms with Crippen molar-refractivity contribution in [1.82, 2.24) is 9.44 Å². The summed E-state index contributed by atoms with van der Waals surface area (Å²) in [5.74, 6) is 0.301. The number of aryl methyl sites for hydroxylation is 1. The van der Waals surface area contributed by atoms with Gasteiger partial charge in [0.05, 0.1) is 0 Å². The third kappa shape index (κ3) is 3.84. The Morgan fingerprint density at radius 1 is 1.05 bits per heavy atom. The summed E-state index contributed by atoms with van der Waals surface area (Å²) < 4.78 is 29.8. The van der Waals surface area contributed by atoms with Crippen LogP contribution in [0.25, 0.3) is 0 Å². The Bertz CT molecular complexity index is 580. The molecule has 0 aromatic heterocycles. The highest BCUT2D eigenvalue weighted by molar-refractivity contribution is 7.87. The lowest BCUT2D eigenvalue weighted by molar-refractivity contribution is 0.511. The Balaban J connectivity index is 1.60. The second-order valence-electron chi connectivity index (χ2n) is 6.24. The first kappa shape index (κ1) is 15.0. The zero-order valence-electron chi connectivity index (χ0n) is 12.3. The molecule has 1 atom stereocenters. The van der Waals surface area contributed by atoms with Crippen molar-refractivity contribution < 1.29 is 8.42 Å². The van der Waals surface area contributed by atoms with Crippen LogP contribution in [-0.2, 0) is 16.6 Å². The summed E-state index contributed by atoms with van der Waals surface area (Å²) in [7, 11) is -3.37. The predicted octanol–water partition coefficient (Wildman–Crippen LogP) is 2.47. The molecule has 2 aliphatic rings. The molecule has 0 amide bonds. The van der Waals surface area contributed by atoms with Crippen LogP contribution in [0.3, 0.4) is 0 Å². The van der Waals surface area contributed by atoms with Crippen LogP contribution in [0.4, 0.5) is 0 Å². The zero-order valence-corrected chi connectivity index (χ0v) is 13.2. The van der Waals surface area contributed by atoms with E-state index in [9.17, 15) is 8.42 Å². The molecule has 0 bridgehead atoms. The average molecular weight is 308 g/mol. The van der Waals surface area contributed by atoms with Crippen molar-refractivity contribution in [3.63, 3.8) is 0 Å². The highest BCUT2D eigenvalue weighted by Gasteiger charge is 2.24.